The molecule has 1 unspecified atom stereocenters. The van der Waals surface area contributed by atoms with Crippen molar-refractivity contribution in [1.82, 2.24) is 19.8 Å². The van der Waals surface area contributed by atoms with E-state index in [4.69, 9.17) is 22.1 Å². The fourth-order valence-electron chi connectivity index (χ4n) is 8.54. The zero-order chi connectivity index (χ0) is 45.8. The largest absolute Gasteiger partial charge is 0.446 e. The van der Waals surface area contributed by atoms with E-state index < -0.39 is 5.51 Å². The second kappa shape index (κ2) is 23.4. The van der Waals surface area contributed by atoms with E-state index in [1.165, 1.54) is 78.0 Å². The lowest BCUT2D eigenvalue weighted by Gasteiger charge is -2.42. The van der Waals surface area contributed by atoms with Crippen molar-refractivity contribution in [2.24, 2.45) is 11.3 Å². The molecule has 8 nitrogen and oxygen atoms in total. The maximum Gasteiger partial charge on any atom is 0.446 e. The molecule has 8 rings (SSSR count). The van der Waals surface area contributed by atoms with E-state index >= 15 is 0 Å². The fourth-order valence-corrected chi connectivity index (χ4v) is 11.0. The topological polar surface area (TPSA) is 82.8 Å². The first-order valence-corrected chi connectivity index (χ1v) is 25.6. The van der Waals surface area contributed by atoms with Gasteiger partial charge in [0.2, 0.25) is 0 Å². The van der Waals surface area contributed by atoms with Crippen LogP contribution in [0.4, 0.5) is 30.4 Å². The number of benzene rings is 4. The number of nitrogens with one attached hydrogen (secondary N) is 1. The Morgan fingerprint density at radius 3 is 2.34 bits per heavy atom. The van der Waals surface area contributed by atoms with Gasteiger partial charge in [-0.1, -0.05) is 68.3 Å². The monoisotopic (exact) mass is 963 g/mol. The van der Waals surface area contributed by atoms with Crippen molar-refractivity contribution in [3.8, 4) is 0 Å². The standard InChI is InChI=1S/C36H40ClF3N6S2.C14H21NOS/c1-23(2)35(3)13-12-29(24-4-6-26(37)7-5-24)25(20-35)21-45-14-16-46(17-15-45)27-8-10-30-32(18-27)42-22-43-34(30)44-48-28-9-11-31(41)33(19-28)47-36(38,39)40;1-2-6-14(7-3-1)17-13-5-4-8-15-9-11-16-12-10-15/h4-11,18-19,22-23H,12-17,20-21,41H2,1-3H3,(H,42,43,44);1-3,6-7H,4-5,8-13H2. The van der Waals surface area contributed by atoms with E-state index in [0.29, 0.717) is 22.0 Å². The van der Waals surface area contributed by atoms with Crippen molar-refractivity contribution in [3.05, 3.63) is 113 Å². The maximum atomic E-state index is 12.9. The lowest BCUT2D eigenvalue weighted by atomic mass is 9.66. The number of thioether (sulfide) groups is 2. The van der Waals surface area contributed by atoms with Crippen LogP contribution in [0, 0.1) is 11.3 Å². The molecule has 0 bridgehead atoms. The summed E-state index contributed by atoms with van der Waals surface area (Å²) in [7, 11) is 0. The summed E-state index contributed by atoms with van der Waals surface area (Å²) in [4.78, 5) is 18.4. The molecule has 4 aromatic carbocycles. The van der Waals surface area contributed by atoms with Crippen LogP contribution in [0.5, 0.6) is 0 Å². The molecule has 1 atom stereocenters. The number of nitrogens with two attached hydrogens (primary N) is 1. The zero-order valence-corrected chi connectivity index (χ0v) is 40.8. The van der Waals surface area contributed by atoms with Crippen LogP contribution in [0.25, 0.3) is 16.5 Å². The predicted octanol–water partition coefficient (Wildman–Crippen LogP) is 12.9. The minimum atomic E-state index is -4.41. The quantitative estimate of drug-likeness (QED) is 0.0456. The Morgan fingerprint density at radius 1 is 0.862 bits per heavy atom. The van der Waals surface area contributed by atoms with Gasteiger partial charge in [-0.25, -0.2) is 9.97 Å². The SMILES string of the molecule is CC(C)C1(C)CCC(c2ccc(Cl)cc2)=C(CN2CCN(c3ccc4c(NSc5ccc(N)c(SC(F)(F)F)c5)ncnc4c3)CC2)C1.c1ccc(SCCCCN2CCOCC2)cc1. The number of nitrogen functional groups attached to an aromatic ring is 1. The van der Waals surface area contributed by atoms with Crippen molar-refractivity contribution in [2.45, 2.75) is 73.1 Å². The number of rotatable bonds is 15. The van der Waals surface area contributed by atoms with Crippen molar-refractivity contribution in [3.63, 3.8) is 0 Å². The zero-order valence-electron chi connectivity index (χ0n) is 37.6. The molecule has 15 heteroatoms. The van der Waals surface area contributed by atoms with Crippen LogP contribution in [0.3, 0.4) is 0 Å². The van der Waals surface area contributed by atoms with E-state index in [1.807, 2.05) is 30.0 Å². The third-order valence-corrected chi connectivity index (χ3v) is 15.7. The van der Waals surface area contributed by atoms with E-state index in [-0.39, 0.29) is 22.3 Å². The number of aromatic nitrogens is 2. The fraction of sp³-hybridized carbons (Fsp3) is 0.440. The predicted molar refractivity (Wildman–Crippen MR) is 269 cm³/mol. The van der Waals surface area contributed by atoms with Crippen LogP contribution in [0.1, 0.15) is 58.4 Å². The van der Waals surface area contributed by atoms with Gasteiger partial charge in [-0.05, 0) is 151 Å². The number of halogens is 4. The molecule has 0 saturated carbocycles. The smallest absolute Gasteiger partial charge is 0.398 e. The molecular weight excluding hydrogens is 903 g/mol. The van der Waals surface area contributed by atoms with Gasteiger partial charge in [-0.3, -0.25) is 9.80 Å². The van der Waals surface area contributed by atoms with Gasteiger partial charge >= 0.3 is 5.51 Å². The Hall–Kier alpha value is -3.63. The van der Waals surface area contributed by atoms with Crippen LogP contribution < -0.4 is 15.4 Å². The van der Waals surface area contributed by atoms with Crippen molar-refractivity contribution < 1.29 is 17.9 Å². The number of hydrogen-bond donors (Lipinski definition) is 2. The van der Waals surface area contributed by atoms with E-state index in [0.717, 1.165) is 93.5 Å². The molecule has 3 heterocycles. The summed E-state index contributed by atoms with van der Waals surface area (Å²) in [5, 5.41) is 1.60. The molecule has 0 spiro atoms. The number of morpholine rings is 1. The van der Waals surface area contributed by atoms with Crippen LogP contribution in [0.2, 0.25) is 5.02 Å². The minimum absolute atomic E-state index is 0.0296. The first-order valence-electron chi connectivity index (χ1n) is 22.6. The molecule has 2 aliphatic heterocycles. The third kappa shape index (κ3) is 14.4. The average Bonchev–Trinajstić information content (AvgIpc) is 3.30. The highest BCUT2D eigenvalue weighted by molar-refractivity contribution is 8.01. The number of nitrogens with zero attached hydrogens (tertiary/aromatic N) is 5. The van der Waals surface area contributed by atoms with E-state index in [1.54, 1.807) is 11.6 Å². The van der Waals surface area contributed by atoms with Gasteiger partial charge in [-0.2, -0.15) is 13.2 Å². The molecular formula is C50H61ClF3N7OS3. The summed E-state index contributed by atoms with van der Waals surface area (Å²) < 4.78 is 47.4. The van der Waals surface area contributed by atoms with Crippen molar-refractivity contribution in [1.29, 1.82) is 0 Å². The molecule has 0 radical (unpaired) electrons. The molecule has 2 saturated heterocycles. The van der Waals surface area contributed by atoms with Gasteiger partial charge in [0.25, 0.3) is 0 Å². The number of hydrogen-bond acceptors (Lipinski definition) is 11. The van der Waals surface area contributed by atoms with Gasteiger partial charge in [0, 0.05) is 82.3 Å². The number of ether oxygens (including phenoxy) is 1. The summed E-state index contributed by atoms with van der Waals surface area (Å²) in [5.74, 6) is 2.44. The Morgan fingerprint density at radius 2 is 1.62 bits per heavy atom. The molecule has 3 N–H and O–H groups in total. The third-order valence-electron chi connectivity index (χ3n) is 12.8. The highest BCUT2D eigenvalue weighted by Gasteiger charge is 2.35. The summed E-state index contributed by atoms with van der Waals surface area (Å²) in [5.41, 5.74) is 7.99. The maximum absolute atomic E-state index is 12.9. The molecule has 348 valence electrons. The summed E-state index contributed by atoms with van der Waals surface area (Å²) in [6, 6.07) is 29.8. The van der Waals surface area contributed by atoms with Gasteiger partial charge in [0.15, 0.2) is 0 Å². The molecule has 65 heavy (non-hydrogen) atoms. The molecule has 1 aliphatic carbocycles. The highest BCUT2D eigenvalue weighted by Crippen LogP contribution is 2.47. The lowest BCUT2D eigenvalue weighted by molar-refractivity contribution is -0.0328. The van der Waals surface area contributed by atoms with Gasteiger partial charge in [0.1, 0.15) is 12.1 Å². The number of allylic oxidation sites excluding steroid dienone is 1. The van der Waals surface area contributed by atoms with E-state index in [2.05, 4.69) is 105 Å². The molecule has 5 aromatic rings. The second-order valence-electron chi connectivity index (χ2n) is 17.5. The Kier molecular flexibility index (Phi) is 17.7. The summed E-state index contributed by atoms with van der Waals surface area (Å²) in [6.07, 6.45) is 7.52. The lowest BCUT2D eigenvalue weighted by Crippen LogP contribution is -2.47. The number of unbranched alkanes of at least 4 members (excludes halogenated alkanes) is 1. The van der Waals surface area contributed by atoms with Crippen LogP contribution in [-0.4, -0.2) is 96.6 Å². The first-order chi connectivity index (χ1) is 31.3. The van der Waals surface area contributed by atoms with Gasteiger partial charge < -0.3 is 20.1 Å². The number of fused-ring (bicyclic) bond motifs is 1. The highest BCUT2D eigenvalue weighted by atomic mass is 35.5. The number of alkyl halides is 3. The van der Waals surface area contributed by atoms with Gasteiger partial charge in [0.05, 0.1) is 18.7 Å². The molecule has 0 amide bonds. The summed E-state index contributed by atoms with van der Waals surface area (Å²) in [6.45, 7) is 17.2. The number of piperazine rings is 1. The Bertz CT molecular complexity index is 2330. The molecule has 1 aromatic heterocycles. The normalized spacial score (nSPS) is 18.8. The van der Waals surface area contributed by atoms with Gasteiger partial charge in [-0.15, -0.1) is 11.8 Å². The molecule has 2 fully saturated rings. The first kappa shape index (κ1) is 49.3. The van der Waals surface area contributed by atoms with Crippen molar-refractivity contribution >= 4 is 80.7 Å². The van der Waals surface area contributed by atoms with Crippen molar-refractivity contribution in [2.75, 3.05) is 86.7 Å². The summed E-state index contributed by atoms with van der Waals surface area (Å²) >= 11 is 9.15. The van der Waals surface area contributed by atoms with Crippen LogP contribution >= 0.6 is 47.1 Å². The minimum Gasteiger partial charge on any atom is -0.398 e. The Balaban J connectivity index is 0.000000310. The average molecular weight is 965 g/mol. The number of anilines is 3. The van der Waals surface area contributed by atoms with E-state index in [9.17, 15) is 13.2 Å². The van der Waals surface area contributed by atoms with Crippen LogP contribution in [-0.2, 0) is 4.74 Å². The Labute approximate surface area is 400 Å². The van der Waals surface area contributed by atoms with Crippen LogP contribution in [0.15, 0.2) is 118 Å². The second-order valence-corrected chi connectivity index (χ2v) is 21.1. The molecule has 3 aliphatic rings.